The lowest BCUT2D eigenvalue weighted by atomic mass is 9.64. The van der Waals surface area contributed by atoms with E-state index in [4.69, 9.17) is 21.1 Å². The Morgan fingerprint density at radius 2 is 0.976 bits per heavy atom. The summed E-state index contributed by atoms with van der Waals surface area (Å²) in [5, 5.41) is -2.39. The van der Waals surface area contributed by atoms with Gasteiger partial charge in [-0.15, -0.1) is 0 Å². The van der Waals surface area contributed by atoms with E-state index in [1.54, 1.807) is 0 Å². The minimum atomic E-state index is -4.74. The van der Waals surface area contributed by atoms with Crippen molar-refractivity contribution < 1.29 is 87.0 Å². The first-order valence-corrected chi connectivity index (χ1v) is 33.1. The molecule has 10 atom stereocenters. The van der Waals surface area contributed by atoms with Gasteiger partial charge >= 0.3 is 12.4 Å². The molecule has 2 unspecified atom stereocenters. The van der Waals surface area contributed by atoms with Crippen LogP contribution in [-0.2, 0) is 61.6 Å². The second-order valence-electron chi connectivity index (χ2n) is 22.8. The molecule has 83 heavy (non-hydrogen) atoms. The molecule has 2 saturated carbocycles. The molecule has 2 N–H and O–H groups in total. The summed E-state index contributed by atoms with van der Waals surface area (Å²) in [4.78, 5) is 2.84. The number of ether oxygens (including phenoxy) is 2. The van der Waals surface area contributed by atoms with Crippen molar-refractivity contribution in [1.82, 2.24) is 19.2 Å². The van der Waals surface area contributed by atoms with Crippen LogP contribution in [0, 0.1) is 46.9 Å². The van der Waals surface area contributed by atoms with Crippen LogP contribution in [0.15, 0.2) is 76.5 Å². The minimum absolute atomic E-state index is 0.0000719. The van der Waals surface area contributed by atoms with E-state index < -0.39 is 180 Å². The number of benzene rings is 4. The third-order valence-corrected chi connectivity index (χ3v) is 26.8. The lowest BCUT2D eigenvalue weighted by Gasteiger charge is -2.55. The van der Waals surface area contributed by atoms with Crippen molar-refractivity contribution in [3.05, 3.63) is 117 Å². The Morgan fingerprint density at radius 1 is 0.590 bits per heavy atom. The summed E-state index contributed by atoms with van der Waals surface area (Å²) in [7, 11) is -9.48. The van der Waals surface area contributed by atoms with Gasteiger partial charge in [-0.05, 0) is 184 Å². The van der Waals surface area contributed by atoms with Crippen molar-refractivity contribution in [3.63, 3.8) is 0 Å². The van der Waals surface area contributed by atoms with E-state index in [1.165, 1.54) is 0 Å². The molecule has 0 bridgehead atoms. The van der Waals surface area contributed by atoms with Crippen LogP contribution in [0.2, 0.25) is 5.02 Å². The van der Waals surface area contributed by atoms with Crippen LogP contribution in [0.5, 0.6) is 11.5 Å². The van der Waals surface area contributed by atoms with E-state index in [0.29, 0.717) is 62.7 Å². The van der Waals surface area contributed by atoms with Gasteiger partial charge in [0.1, 0.15) is 15.3 Å². The lowest BCUT2D eigenvalue weighted by Crippen LogP contribution is -2.63. The number of alkyl halides is 6. The molecule has 10 rings (SSSR count). The second-order valence-corrected chi connectivity index (χ2v) is 31.6. The standard InChI is InChI=1S/C27H30ClF5N2O5S2.C27H31F5N2O5S2/c1-35(2)11-3-4-17-12-18-19-14-40-25-21(29)13-20(28)24(30)23(25)26(19,10-9-22(18)34-42(17,38)39)41(36,37)16-7-5-15(6-8-16)27(31,32)33;1-34(2)13-3-4-18-14-19-20-15-39-25-22(29)10-9-21(28)24(25)26(20,12-11-23(19)33-41(18,37)38)40(35,36)17-7-5-16(6-8-17)27(30,31)32/h5-8,13,17-19,22,34H,3-4,9-12,14H2,1-2H3;5-10,18-20,23,33H,3-4,11-15H2,1-2H3/t17-,18?,19+,22-,26+;18-,19?,20+,23-,26+/m11/s1. The van der Waals surface area contributed by atoms with Crippen LogP contribution in [0.25, 0.3) is 0 Å². The van der Waals surface area contributed by atoms with E-state index in [9.17, 15) is 64.4 Å². The van der Waals surface area contributed by atoms with Gasteiger partial charge in [0.2, 0.25) is 20.0 Å². The predicted octanol–water partition coefficient (Wildman–Crippen LogP) is 9.60. The fourth-order valence-electron chi connectivity index (χ4n) is 13.7. The highest BCUT2D eigenvalue weighted by Gasteiger charge is 2.66. The molecule has 4 fully saturated rings. The zero-order valence-corrected chi connectivity index (χ0v) is 49.2. The van der Waals surface area contributed by atoms with Crippen LogP contribution < -0.4 is 18.9 Å². The Balaban J connectivity index is 0.000000200. The van der Waals surface area contributed by atoms with Crippen LogP contribution in [0.3, 0.4) is 0 Å². The first-order valence-electron chi connectivity index (χ1n) is 26.7. The van der Waals surface area contributed by atoms with Gasteiger partial charge in [0.25, 0.3) is 0 Å². The average Bonchev–Trinajstić information content (AvgIpc) is 3.58. The van der Waals surface area contributed by atoms with Gasteiger partial charge < -0.3 is 19.3 Å². The van der Waals surface area contributed by atoms with E-state index in [1.807, 2.05) is 38.0 Å². The highest BCUT2D eigenvalue weighted by atomic mass is 35.5. The Hall–Kier alpha value is -4.29. The lowest BCUT2D eigenvalue weighted by molar-refractivity contribution is -0.138. The second kappa shape index (κ2) is 22.8. The van der Waals surface area contributed by atoms with Crippen LogP contribution >= 0.6 is 11.6 Å². The normalized spacial score (nSPS) is 29.1. The van der Waals surface area contributed by atoms with Gasteiger partial charge in [-0.2, -0.15) is 26.3 Å². The highest BCUT2D eigenvalue weighted by Crippen LogP contribution is 2.62. The molecular formula is C54H61ClF10N4O10S4. The van der Waals surface area contributed by atoms with Crippen molar-refractivity contribution in [2.75, 3.05) is 54.5 Å². The summed E-state index contributed by atoms with van der Waals surface area (Å²) in [5.74, 6) is -8.78. The van der Waals surface area contributed by atoms with E-state index in [0.717, 1.165) is 36.4 Å². The molecule has 14 nitrogen and oxygen atoms in total. The third-order valence-electron chi connectivity index (χ3n) is 17.5. The number of nitrogens with one attached hydrogen (secondary N) is 2. The van der Waals surface area contributed by atoms with Crippen molar-refractivity contribution in [3.8, 4) is 11.5 Å². The first kappa shape index (κ1) is 63.2. The largest absolute Gasteiger partial charge is 0.490 e. The monoisotopic (exact) mass is 1280 g/mol. The molecule has 4 aromatic rings. The van der Waals surface area contributed by atoms with Gasteiger partial charge in [-0.3, -0.25) is 0 Å². The van der Waals surface area contributed by atoms with Crippen molar-refractivity contribution in [2.45, 2.75) is 118 Å². The Labute approximate surface area is 480 Å². The van der Waals surface area contributed by atoms with Gasteiger partial charge in [-0.1, -0.05) is 11.6 Å². The number of fused-ring (bicyclic) bond motifs is 10. The topological polar surface area (TPSA) is 186 Å². The summed E-state index contributed by atoms with van der Waals surface area (Å²) in [6.07, 6.45) is -8.27. The van der Waals surface area contributed by atoms with E-state index >= 15 is 13.2 Å². The van der Waals surface area contributed by atoms with E-state index in [2.05, 4.69) is 9.44 Å². The van der Waals surface area contributed by atoms with Gasteiger partial charge in [0.05, 0.1) is 60.8 Å². The molecule has 6 aliphatic rings. The van der Waals surface area contributed by atoms with Crippen molar-refractivity contribution in [1.29, 1.82) is 0 Å². The number of halogens is 11. The summed E-state index contributed by atoms with van der Waals surface area (Å²) >= 11 is 6.01. The fraction of sp³-hybridized carbons (Fsp3) is 0.556. The Kier molecular flexibility index (Phi) is 17.3. The smallest absolute Gasteiger partial charge is 0.416 e. The molecule has 2 saturated heterocycles. The molecule has 0 amide bonds. The van der Waals surface area contributed by atoms with Gasteiger partial charge in [0, 0.05) is 23.9 Å². The number of hydrogen-bond acceptors (Lipinski definition) is 12. The molecule has 29 heteroatoms. The van der Waals surface area contributed by atoms with Gasteiger partial charge in [-0.25, -0.2) is 60.7 Å². The Morgan fingerprint density at radius 3 is 1.37 bits per heavy atom. The summed E-state index contributed by atoms with van der Waals surface area (Å²) < 4.78 is 264. The molecular weight excluding hydrogens is 1220 g/mol. The molecule has 0 radical (unpaired) electrons. The third kappa shape index (κ3) is 11.3. The molecule has 458 valence electrons. The summed E-state index contributed by atoms with van der Waals surface area (Å²) in [5.41, 5.74) is -3.24. The van der Waals surface area contributed by atoms with Crippen LogP contribution in [0.1, 0.15) is 86.5 Å². The molecule has 4 heterocycles. The fourth-order valence-corrected chi connectivity index (χ4v) is 22.4. The predicted molar refractivity (Wildman–Crippen MR) is 286 cm³/mol. The zero-order valence-electron chi connectivity index (χ0n) is 45.1. The number of sulfone groups is 2. The van der Waals surface area contributed by atoms with Crippen LogP contribution in [-0.4, -0.2) is 121 Å². The maximum Gasteiger partial charge on any atom is 0.416 e. The molecule has 0 aromatic heterocycles. The van der Waals surface area contributed by atoms with E-state index in [-0.39, 0.29) is 58.2 Å². The molecule has 4 aromatic carbocycles. The first-order chi connectivity index (χ1) is 38.6. The summed E-state index contributed by atoms with van der Waals surface area (Å²) in [6.45, 7) is 0.546. The number of sulfonamides is 2. The maximum atomic E-state index is 15.9. The Bertz CT molecular complexity index is 3580. The average molecular weight is 1280 g/mol. The van der Waals surface area contributed by atoms with Crippen molar-refractivity contribution in [2.24, 2.45) is 23.7 Å². The molecule has 2 aliphatic carbocycles. The minimum Gasteiger partial charge on any atom is -0.490 e. The number of nitrogens with zero attached hydrogens (tertiary/aromatic N) is 2. The zero-order chi connectivity index (χ0) is 60.8. The number of hydrogen-bond donors (Lipinski definition) is 2. The van der Waals surface area contributed by atoms with Crippen molar-refractivity contribution >= 4 is 51.3 Å². The van der Waals surface area contributed by atoms with Crippen LogP contribution in [0.4, 0.5) is 43.9 Å². The quantitative estimate of drug-likeness (QED) is 0.101. The molecule has 0 spiro atoms. The number of rotatable bonds is 12. The SMILES string of the molecule is CN(C)CCC[C@@H]1CC2[C@@H](CC[C@@]3(S(=O)(=O)c4ccc(C(F)(F)F)cc4)c4c(F)c(Cl)cc(F)c4OC[C@@H]23)NS1(=O)=O.CN(C)CCC[C@@H]1CC2[C@@H](CC[C@@]3(S(=O)(=O)c4ccc(C(F)(F)F)cc4)c4c(F)ccc(F)c4OC[C@@H]23)NS1(=O)=O. The van der Waals surface area contributed by atoms with Gasteiger partial charge in [0.15, 0.2) is 48.6 Å². The molecule has 4 aliphatic heterocycles. The summed E-state index contributed by atoms with van der Waals surface area (Å²) in [6, 6.07) is 6.74. The highest BCUT2D eigenvalue weighted by molar-refractivity contribution is 7.93. The maximum absolute atomic E-state index is 15.9.